The number of nitrogens with one attached hydrogen (secondary N) is 1. The van der Waals surface area contributed by atoms with Crippen molar-refractivity contribution in [1.29, 1.82) is 0 Å². The number of hydrogen-bond acceptors (Lipinski definition) is 3. The minimum atomic E-state index is 0.123. The van der Waals surface area contributed by atoms with Crippen molar-refractivity contribution in [2.75, 3.05) is 0 Å². The van der Waals surface area contributed by atoms with Crippen LogP contribution in [0.5, 0.6) is 0 Å². The Morgan fingerprint density at radius 3 is 2.45 bits per heavy atom. The first-order chi connectivity index (χ1) is 10.7. The fraction of sp³-hybridized carbons (Fsp3) is 0.222. The molecule has 0 aliphatic carbocycles. The average molecular weight is 312 g/mol. The Kier molecular flexibility index (Phi) is 4.36. The van der Waals surface area contributed by atoms with Crippen LogP contribution in [0, 0.1) is 0 Å². The van der Waals surface area contributed by atoms with Gasteiger partial charge >= 0.3 is 0 Å². The SMILES string of the molecule is C[C@@H](N[C@H](C)c1ccc(Cl)c2ccccc12)c1cnccn1. The highest BCUT2D eigenvalue weighted by Crippen LogP contribution is 2.30. The summed E-state index contributed by atoms with van der Waals surface area (Å²) in [5, 5.41) is 6.63. The zero-order valence-electron chi connectivity index (χ0n) is 12.6. The smallest absolute Gasteiger partial charge is 0.0753 e. The van der Waals surface area contributed by atoms with E-state index in [0.29, 0.717) is 0 Å². The van der Waals surface area contributed by atoms with E-state index in [9.17, 15) is 0 Å². The standard InChI is InChI=1S/C18H18ClN3/c1-12(22-13(2)18-11-20-9-10-21-18)14-7-8-17(19)16-6-4-3-5-15(14)16/h3-13,22H,1-2H3/t12-,13-/m1/s1. The van der Waals surface area contributed by atoms with Crippen LogP contribution in [-0.2, 0) is 0 Å². The second-order valence-electron chi connectivity index (χ2n) is 5.42. The number of aromatic nitrogens is 2. The van der Waals surface area contributed by atoms with Gasteiger partial charge in [0, 0.05) is 41.1 Å². The Bertz CT molecular complexity index is 774. The summed E-state index contributed by atoms with van der Waals surface area (Å²) < 4.78 is 0. The maximum absolute atomic E-state index is 6.30. The van der Waals surface area contributed by atoms with Crippen molar-refractivity contribution in [3.63, 3.8) is 0 Å². The van der Waals surface area contributed by atoms with Crippen molar-refractivity contribution in [1.82, 2.24) is 15.3 Å². The predicted octanol–water partition coefficient (Wildman–Crippen LogP) is 4.70. The molecule has 0 saturated heterocycles. The Hall–Kier alpha value is -1.97. The van der Waals surface area contributed by atoms with E-state index < -0.39 is 0 Å². The van der Waals surface area contributed by atoms with Crippen molar-refractivity contribution in [3.05, 3.63) is 71.3 Å². The van der Waals surface area contributed by atoms with Crippen LogP contribution in [0.15, 0.2) is 55.0 Å². The second kappa shape index (κ2) is 6.42. The lowest BCUT2D eigenvalue weighted by atomic mass is 9.99. The van der Waals surface area contributed by atoms with Gasteiger partial charge in [0.25, 0.3) is 0 Å². The number of rotatable bonds is 4. The third-order valence-corrected chi connectivity index (χ3v) is 4.23. The lowest BCUT2D eigenvalue weighted by Gasteiger charge is -2.21. The molecule has 1 N–H and O–H groups in total. The fourth-order valence-electron chi connectivity index (χ4n) is 2.75. The van der Waals surface area contributed by atoms with Crippen molar-refractivity contribution in [3.8, 4) is 0 Å². The molecule has 0 unspecified atom stereocenters. The Balaban J connectivity index is 1.90. The maximum atomic E-state index is 6.30. The Morgan fingerprint density at radius 1 is 0.955 bits per heavy atom. The molecule has 3 aromatic rings. The highest BCUT2D eigenvalue weighted by molar-refractivity contribution is 6.35. The molecule has 2 aromatic carbocycles. The molecule has 3 nitrogen and oxygen atoms in total. The molecule has 0 amide bonds. The Morgan fingerprint density at radius 2 is 1.73 bits per heavy atom. The van der Waals surface area contributed by atoms with Gasteiger partial charge in [-0.15, -0.1) is 0 Å². The van der Waals surface area contributed by atoms with E-state index in [4.69, 9.17) is 11.6 Å². The summed E-state index contributed by atoms with van der Waals surface area (Å²) in [4.78, 5) is 8.48. The monoisotopic (exact) mass is 311 g/mol. The van der Waals surface area contributed by atoms with Crippen LogP contribution in [0.4, 0.5) is 0 Å². The van der Waals surface area contributed by atoms with Crippen LogP contribution in [0.3, 0.4) is 0 Å². The number of halogens is 1. The van der Waals surface area contributed by atoms with Gasteiger partial charge < -0.3 is 5.32 Å². The average Bonchev–Trinajstić information content (AvgIpc) is 2.56. The normalized spacial score (nSPS) is 14.0. The van der Waals surface area contributed by atoms with Gasteiger partial charge in [-0.3, -0.25) is 9.97 Å². The molecular formula is C18H18ClN3. The molecule has 3 rings (SSSR count). The molecule has 112 valence electrons. The third kappa shape index (κ3) is 2.96. The summed E-state index contributed by atoms with van der Waals surface area (Å²) in [5.41, 5.74) is 2.17. The topological polar surface area (TPSA) is 37.8 Å². The van der Waals surface area contributed by atoms with Crippen molar-refractivity contribution < 1.29 is 0 Å². The molecule has 0 aliphatic rings. The Labute approximate surface area is 135 Å². The molecule has 0 radical (unpaired) electrons. The molecule has 2 atom stereocenters. The van der Waals surface area contributed by atoms with E-state index in [-0.39, 0.29) is 12.1 Å². The zero-order chi connectivity index (χ0) is 15.5. The molecule has 0 fully saturated rings. The van der Waals surface area contributed by atoms with E-state index in [1.54, 1.807) is 18.6 Å². The second-order valence-corrected chi connectivity index (χ2v) is 5.83. The van der Waals surface area contributed by atoms with E-state index >= 15 is 0 Å². The molecule has 1 aromatic heterocycles. The highest BCUT2D eigenvalue weighted by Gasteiger charge is 2.15. The summed E-state index contributed by atoms with van der Waals surface area (Å²) in [5.74, 6) is 0. The molecule has 1 heterocycles. The number of nitrogens with zero attached hydrogens (tertiary/aromatic N) is 2. The van der Waals surface area contributed by atoms with Crippen molar-refractivity contribution >= 4 is 22.4 Å². The first-order valence-electron chi connectivity index (χ1n) is 7.36. The molecule has 4 heteroatoms. The van der Waals surface area contributed by atoms with E-state index in [2.05, 4.69) is 47.3 Å². The lowest BCUT2D eigenvalue weighted by molar-refractivity contribution is 0.487. The van der Waals surface area contributed by atoms with Gasteiger partial charge in [-0.1, -0.05) is 41.9 Å². The zero-order valence-corrected chi connectivity index (χ0v) is 13.4. The van der Waals surface area contributed by atoms with Gasteiger partial charge in [0.05, 0.1) is 5.69 Å². The summed E-state index contributed by atoms with van der Waals surface area (Å²) >= 11 is 6.30. The van der Waals surface area contributed by atoms with E-state index in [0.717, 1.165) is 16.1 Å². The minimum Gasteiger partial charge on any atom is -0.302 e. The molecule has 22 heavy (non-hydrogen) atoms. The molecule has 0 bridgehead atoms. The molecule has 0 aliphatic heterocycles. The van der Waals surface area contributed by atoms with Crippen LogP contribution < -0.4 is 5.32 Å². The highest BCUT2D eigenvalue weighted by atomic mass is 35.5. The van der Waals surface area contributed by atoms with Gasteiger partial charge in [0.2, 0.25) is 0 Å². The van der Waals surface area contributed by atoms with E-state index in [1.807, 2.05) is 18.2 Å². The quantitative estimate of drug-likeness (QED) is 0.759. The fourth-order valence-corrected chi connectivity index (χ4v) is 2.98. The minimum absolute atomic E-state index is 0.123. The maximum Gasteiger partial charge on any atom is 0.0753 e. The summed E-state index contributed by atoms with van der Waals surface area (Å²) in [7, 11) is 0. The van der Waals surface area contributed by atoms with Gasteiger partial charge in [-0.25, -0.2) is 0 Å². The first-order valence-corrected chi connectivity index (χ1v) is 7.73. The van der Waals surface area contributed by atoms with Gasteiger partial charge in [-0.2, -0.15) is 0 Å². The molecule has 0 spiro atoms. The van der Waals surface area contributed by atoms with Gasteiger partial charge in [0.15, 0.2) is 0 Å². The molecule has 0 saturated carbocycles. The number of fused-ring (bicyclic) bond motifs is 1. The summed E-state index contributed by atoms with van der Waals surface area (Å²) in [6.07, 6.45) is 5.20. The largest absolute Gasteiger partial charge is 0.302 e. The first kappa shape index (κ1) is 14.9. The predicted molar refractivity (Wildman–Crippen MR) is 91.0 cm³/mol. The van der Waals surface area contributed by atoms with Crippen LogP contribution in [0.2, 0.25) is 5.02 Å². The van der Waals surface area contributed by atoms with E-state index in [1.165, 1.54) is 10.9 Å². The van der Waals surface area contributed by atoms with Crippen LogP contribution in [0.25, 0.3) is 10.8 Å². The van der Waals surface area contributed by atoms with Crippen molar-refractivity contribution in [2.45, 2.75) is 25.9 Å². The number of hydrogen-bond donors (Lipinski definition) is 1. The van der Waals surface area contributed by atoms with Crippen molar-refractivity contribution in [2.24, 2.45) is 0 Å². The molecular weight excluding hydrogens is 294 g/mol. The number of benzene rings is 2. The summed E-state index contributed by atoms with van der Waals surface area (Å²) in [6.45, 7) is 4.25. The van der Waals surface area contributed by atoms with Gasteiger partial charge in [-0.05, 0) is 30.9 Å². The third-order valence-electron chi connectivity index (χ3n) is 3.90. The lowest BCUT2D eigenvalue weighted by Crippen LogP contribution is -2.23. The van der Waals surface area contributed by atoms with Crippen LogP contribution in [-0.4, -0.2) is 9.97 Å². The van der Waals surface area contributed by atoms with Gasteiger partial charge in [0.1, 0.15) is 0 Å². The summed E-state index contributed by atoms with van der Waals surface area (Å²) in [6, 6.07) is 12.6. The van der Waals surface area contributed by atoms with Crippen LogP contribution >= 0.6 is 11.6 Å². The van der Waals surface area contributed by atoms with Crippen LogP contribution in [0.1, 0.15) is 37.2 Å².